The number of fused-ring (bicyclic) bond motifs is 2. The minimum absolute atomic E-state index is 0.0131. The summed E-state index contributed by atoms with van der Waals surface area (Å²) in [6.07, 6.45) is 1.61. The molecule has 0 fully saturated rings. The van der Waals surface area contributed by atoms with Gasteiger partial charge in [-0.3, -0.25) is 9.59 Å². The Hall–Kier alpha value is -4.30. The summed E-state index contributed by atoms with van der Waals surface area (Å²) >= 11 is 0. The molecule has 2 unspecified atom stereocenters. The van der Waals surface area contributed by atoms with Gasteiger partial charge in [0.1, 0.15) is 11.3 Å². The van der Waals surface area contributed by atoms with E-state index in [4.69, 9.17) is 13.9 Å². The Morgan fingerprint density at radius 3 is 2.47 bits per heavy atom. The number of aliphatic hydroxyl groups is 1. The smallest absolute Gasteiger partial charge is 0.231 e. The number of nitrogens with one attached hydrogen (secondary N) is 1. The van der Waals surface area contributed by atoms with Gasteiger partial charge in [0.25, 0.3) is 0 Å². The van der Waals surface area contributed by atoms with E-state index < -0.39 is 12.0 Å². The number of phenols is 1. The van der Waals surface area contributed by atoms with Crippen LogP contribution in [0.5, 0.6) is 17.2 Å². The first-order chi connectivity index (χ1) is 17.5. The van der Waals surface area contributed by atoms with Crippen LogP contribution >= 0.6 is 0 Å². The zero-order valence-electron chi connectivity index (χ0n) is 19.3. The van der Waals surface area contributed by atoms with Gasteiger partial charge in [0.05, 0.1) is 24.3 Å². The zero-order chi connectivity index (χ0) is 25.1. The number of rotatable bonds is 8. The first kappa shape index (κ1) is 23.4. The highest BCUT2D eigenvalue weighted by Crippen LogP contribution is 2.42. The lowest BCUT2D eigenvalue weighted by Crippen LogP contribution is -2.40. The molecule has 1 aliphatic rings. The molecule has 0 spiro atoms. The number of aromatic hydroxyl groups is 1. The fourth-order valence-electron chi connectivity index (χ4n) is 4.48. The van der Waals surface area contributed by atoms with Crippen molar-refractivity contribution in [2.45, 2.75) is 24.8 Å². The van der Waals surface area contributed by atoms with E-state index in [0.717, 1.165) is 5.56 Å². The van der Waals surface area contributed by atoms with Crippen LogP contribution in [0.4, 0.5) is 0 Å². The van der Waals surface area contributed by atoms with Crippen LogP contribution in [0.2, 0.25) is 0 Å². The maximum absolute atomic E-state index is 13.4. The van der Waals surface area contributed by atoms with E-state index in [-0.39, 0.29) is 42.5 Å². The second kappa shape index (κ2) is 10.1. The molecule has 0 aliphatic carbocycles. The van der Waals surface area contributed by atoms with Gasteiger partial charge in [0.2, 0.25) is 12.7 Å². The van der Waals surface area contributed by atoms with Gasteiger partial charge in [-0.2, -0.15) is 0 Å². The monoisotopic (exact) mass is 487 g/mol. The summed E-state index contributed by atoms with van der Waals surface area (Å²) in [7, 11) is 0. The minimum atomic E-state index is -0.837. The summed E-state index contributed by atoms with van der Waals surface area (Å²) in [5.74, 6) is -0.562. The molecule has 0 saturated heterocycles. The molecule has 0 bridgehead atoms. The molecule has 8 heteroatoms. The van der Waals surface area contributed by atoms with E-state index in [9.17, 15) is 19.8 Å². The third-order valence-electron chi connectivity index (χ3n) is 6.28. The topological polar surface area (TPSA) is 118 Å². The zero-order valence-corrected chi connectivity index (χ0v) is 19.3. The molecule has 0 saturated carbocycles. The number of hydrogen-bond donors (Lipinski definition) is 3. The maximum Gasteiger partial charge on any atom is 0.231 e. The van der Waals surface area contributed by atoms with Crippen LogP contribution in [0.15, 0.2) is 82.2 Å². The number of carbonyl (C=O) groups is 1. The first-order valence-electron chi connectivity index (χ1n) is 11.6. The number of hydrogen-bond acceptors (Lipinski definition) is 7. The normalized spacial score (nSPS) is 13.9. The lowest BCUT2D eigenvalue weighted by Gasteiger charge is -2.21. The number of phenolic OH excluding ortho intramolecular Hbond substituents is 1. The Kier molecular flexibility index (Phi) is 6.60. The Balaban J connectivity index is 1.49. The van der Waals surface area contributed by atoms with E-state index in [1.165, 1.54) is 12.3 Å². The van der Waals surface area contributed by atoms with Gasteiger partial charge in [-0.25, -0.2) is 0 Å². The van der Waals surface area contributed by atoms with E-state index in [1.807, 2.05) is 30.3 Å². The van der Waals surface area contributed by atoms with Crippen molar-refractivity contribution in [1.82, 2.24) is 5.32 Å². The van der Waals surface area contributed by atoms with E-state index in [1.54, 1.807) is 30.3 Å². The summed E-state index contributed by atoms with van der Waals surface area (Å²) in [6.45, 7) is -0.238. The van der Waals surface area contributed by atoms with E-state index >= 15 is 0 Å². The SMILES string of the molecule is O=C(CC(c1cc2c(cc1O)OCO2)c1coc2ccccc2c1=O)NC(CO)Cc1ccccc1. The molecule has 2 heterocycles. The van der Waals surface area contributed by atoms with Crippen LogP contribution < -0.4 is 20.2 Å². The quantitative estimate of drug-likeness (QED) is 0.348. The highest BCUT2D eigenvalue weighted by molar-refractivity contribution is 5.80. The van der Waals surface area contributed by atoms with Crippen molar-refractivity contribution in [1.29, 1.82) is 0 Å². The number of benzene rings is 3. The van der Waals surface area contributed by atoms with Crippen LogP contribution in [0.3, 0.4) is 0 Å². The highest BCUT2D eigenvalue weighted by atomic mass is 16.7. The van der Waals surface area contributed by atoms with Gasteiger partial charge in [0, 0.05) is 29.5 Å². The van der Waals surface area contributed by atoms with Gasteiger partial charge < -0.3 is 29.4 Å². The minimum Gasteiger partial charge on any atom is -0.508 e. The standard InChI is InChI=1S/C28H25NO7/c30-14-18(10-17-6-2-1-3-7-17)29-27(32)12-20(21-11-25-26(13-23(21)31)36-16-35-25)22-15-34-24-9-5-4-8-19(24)28(22)33/h1-9,11,13,15,18,20,30-31H,10,12,14,16H2,(H,29,32). The molecule has 3 aromatic carbocycles. The molecule has 1 aromatic heterocycles. The average molecular weight is 488 g/mol. The van der Waals surface area contributed by atoms with Gasteiger partial charge in [0.15, 0.2) is 16.9 Å². The fraction of sp³-hybridized carbons (Fsp3) is 0.214. The van der Waals surface area contributed by atoms with Crippen molar-refractivity contribution in [2.75, 3.05) is 13.4 Å². The summed E-state index contributed by atoms with van der Waals surface area (Å²) in [4.78, 5) is 26.6. The second-order valence-electron chi connectivity index (χ2n) is 8.67. The third kappa shape index (κ3) is 4.76. The number of amides is 1. The maximum atomic E-state index is 13.4. The van der Waals surface area contributed by atoms with E-state index in [2.05, 4.69) is 5.32 Å². The number of aliphatic hydroxyl groups excluding tert-OH is 1. The molecule has 1 aliphatic heterocycles. The van der Waals surface area contributed by atoms with Crippen molar-refractivity contribution in [2.24, 2.45) is 0 Å². The predicted octanol–water partition coefficient (Wildman–Crippen LogP) is 3.47. The van der Waals surface area contributed by atoms with Gasteiger partial charge in [-0.1, -0.05) is 42.5 Å². The molecule has 5 rings (SSSR count). The fourth-order valence-corrected chi connectivity index (χ4v) is 4.48. The lowest BCUT2D eigenvalue weighted by molar-refractivity contribution is -0.122. The van der Waals surface area contributed by atoms with Crippen LogP contribution in [0.1, 0.15) is 29.0 Å². The first-order valence-corrected chi connectivity index (χ1v) is 11.6. The summed E-state index contributed by atoms with van der Waals surface area (Å²) < 4.78 is 16.5. The number of carbonyl (C=O) groups excluding carboxylic acids is 1. The van der Waals surface area contributed by atoms with Crippen molar-refractivity contribution in [3.8, 4) is 17.2 Å². The summed E-state index contributed by atoms with van der Waals surface area (Å²) in [5, 5.41) is 23.9. The van der Waals surface area contributed by atoms with Gasteiger partial charge >= 0.3 is 0 Å². The van der Waals surface area contributed by atoms with Crippen molar-refractivity contribution < 1.29 is 28.9 Å². The molecule has 3 N–H and O–H groups in total. The summed E-state index contributed by atoms with van der Waals surface area (Å²) in [6, 6.07) is 18.8. The van der Waals surface area contributed by atoms with Crippen molar-refractivity contribution in [3.05, 3.63) is 99.9 Å². The number of para-hydroxylation sites is 1. The van der Waals surface area contributed by atoms with Crippen LogP contribution in [-0.2, 0) is 11.2 Å². The third-order valence-corrected chi connectivity index (χ3v) is 6.28. The van der Waals surface area contributed by atoms with Crippen LogP contribution in [-0.4, -0.2) is 35.6 Å². The molecule has 4 aromatic rings. The Bertz CT molecular complexity index is 1450. The molecule has 36 heavy (non-hydrogen) atoms. The summed E-state index contributed by atoms with van der Waals surface area (Å²) in [5.41, 5.74) is 1.65. The van der Waals surface area contributed by atoms with Crippen molar-refractivity contribution in [3.63, 3.8) is 0 Å². The van der Waals surface area contributed by atoms with Crippen LogP contribution in [0, 0.1) is 0 Å². The largest absolute Gasteiger partial charge is 0.508 e. The molecular weight excluding hydrogens is 462 g/mol. The Labute approximate surface area is 206 Å². The Morgan fingerprint density at radius 1 is 0.972 bits per heavy atom. The predicted molar refractivity (Wildman–Crippen MR) is 132 cm³/mol. The molecule has 1 amide bonds. The lowest BCUT2D eigenvalue weighted by atomic mass is 9.87. The average Bonchev–Trinajstić information content (AvgIpc) is 3.35. The Morgan fingerprint density at radius 2 is 1.69 bits per heavy atom. The number of ether oxygens (including phenoxy) is 2. The second-order valence-corrected chi connectivity index (χ2v) is 8.67. The van der Waals surface area contributed by atoms with E-state index in [0.29, 0.717) is 34.5 Å². The molecule has 8 nitrogen and oxygen atoms in total. The molecular formula is C28H25NO7. The van der Waals surface area contributed by atoms with Gasteiger partial charge in [-0.05, 0) is 30.2 Å². The van der Waals surface area contributed by atoms with Crippen molar-refractivity contribution >= 4 is 16.9 Å². The van der Waals surface area contributed by atoms with Crippen LogP contribution in [0.25, 0.3) is 11.0 Å². The molecule has 184 valence electrons. The molecule has 2 atom stereocenters. The van der Waals surface area contributed by atoms with Gasteiger partial charge in [-0.15, -0.1) is 0 Å². The molecule has 0 radical (unpaired) electrons. The highest BCUT2D eigenvalue weighted by Gasteiger charge is 2.29.